The SMILES string of the molecule is CCc1ccc(F)c(B2OC(C)(C)C(C)(C)O2)c1. The summed E-state index contributed by atoms with van der Waals surface area (Å²) in [6.45, 7) is 9.91. The number of halogens is 1. The van der Waals surface area contributed by atoms with Crippen molar-refractivity contribution in [3.8, 4) is 0 Å². The number of benzene rings is 1. The minimum atomic E-state index is -0.624. The van der Waals surface area contributed by atoms with Gasteiger partial charge in [0, 0.05) is 5.46 Å². The van der Waals surface area contributed by atoms with Crippen molar-refractivity contribution < 1.29 is 13.7 Å². The van der Waals surface area contributed by atoms with Crippen molar-refractivity contribution >= 4 is 12.6 Å². The first kappa shape index (κ1) is 13.6. The van der Waals surface area contributed by atoms with E-state index in [1.54, 1.807) is 6.07 Å². The molecule has 0 radical (unpaired) electrons. The Hall–Kier alpha value is -0.865. The third-order valence-electron chi connectivity index (χ3n) is 3.98. The van der Waals surface area contributed by atoms with Crippen molar-refractivity contribution in [1.82, 2.24) is 0 Å². The Labute approximate surface area is 109 Å². The molecule has 98 valence electrons. The van der Waals surface area contributed by atoms with E-state index in [4.69, 9.17) is 9.31 Å². The molecule has 1 aromatic carbocycles. The van der Waals surface area contributed by atoms with E-state index in [9.17, 15) is 4.39 Å². The molecule has 0 aliphatic carbocycles. The Morgan fingerprint density at radius 2 is 1.67 bits per heavy atom. The Morgan fingerprint density at radius 1 is 1.11 bits per heavy atom. The third kappa shape index (κ3) is 2.19. The molecule has 0 atom stereocenters. The highest BCUT2D eigenvalue weighted by atomic mass is 19.1. The highest BCUT2D eigenvalue weighted by Crippen LogP contribution is 2.36. The van der Waals surface area contributed by atoms with Crippen LogP contribution in [0.4, 0.5) is 4.39 Å². The zero-order valence-electron chi connectivity index (χ0n) is 11.7. The van der Waals surface area contributed by atoms with Crippen molar-refractivity contribution in [1.29, 1.82) is 0 Å². The molecule has 1 heterocycles. The van der Waals surface area contributed by atoms with Crippen molar-refractivity contribution in [2.24, 2.45) is 0 Å². The quantitative estimate of drug-likeness (QED) is 0.751. The number of aryl methyl sites for hydroxylation is 1. The maximum atomic E-state index is 13.9. The predicted molar refractivity (Wildman–Crippen MR) is 71.5 cm³/mol. The van der Waals surface area contributed by atoms with Crippen molar-refractivity contribution in [3.63, 3.8) is 0 Å². The molecule has 0 amide bonds. The first-order valence-corrected chi connectivity index (χ1v) is 6.41. The van der Waals surface area contributed by atoms with E-state index in [1.165, 1.54) is 6.07 Å². The molecule has 0 spiro atoms. The largest absolute Gasteiger partial charge is 0.497 e. The summed E-state index contributed by atoms with van der Waals surface area (Å²) in [5.41, 5.74) is 0.702. The summed E-state index contributed by atoms with van der Waals surface area (Å²) in [5.74, 6) is -0.272. The van der Waals surface area contributed by atoms with Gasteiger partial charge in [0.1, 0.15) is 5.82 Å². The Bertz CT molecular complexity index is 441. The van der Waals surface area contributed by atoms with Gasteiger partial charge in [0.15, 0.2) is 0 Å². The minimum Gasteiger partial charge on any atom is -0.399 e. The second-order valence-corrected chi connectivity index (χ2v) is 5.80. The van der Waals surface area contributed by atoms with Crippen LogP contribution < -0.4 is 5.46 Å². The van der Waals surface area contributed by atoms with Crippen molar-refractivity contribution in [2.75, 3.05) is 0 Å². The Morgan fingerprint density at radius 3 is 2.17 bits per heavy atom. The van der Waals surface area contributed by atoms with E-state index in [0.717, 1.165) is 12.0 Å². The molecule has 0 N–H and O–H groups in total. The van der Waals surface area contributed by atoms with Crippen LogP contribution in [-0.4, -0.2) is 18.3 Å². The van der Waals surface area contributed by atoms with Crippen LogP contribution in [0.3, 0.4) is 0 Å². The van der Waals surface area contributed by atoms with Crippen LogP contribution in [-0.2, 0) is 15.7 Å². The first-order chi connectivity index (χ1) is 8.27. The number of hydrogen-bond donors (Lipinski definition) is 0. The summed E-state index contributed by atoms with van der Waals surface area (Å²) in [4.78, 5) is 0. The van der Waals surface area contributed by atoms with E-state index < -0.39 is 18.3 Å². The zero-order chi connectivity index (χ0) is 13.6. The van der Waals surface area contributed by atoms with Gasteiger partial charge in [-0.15, -0.1) is 0 Å². The summed E-state index contributed by atoms with van der Waals surface area (Å²) in [6, 6.07) is 5.11. The maximum Gasteiger partial charge on any atom is 0.497 e. The standard InChI is InChI=1S/C14H20BFO2/c1-6-10-7-8-12(16)11(9-10)15-17-13(2,3)14(4,5)18-15/h7-9H,6H2,1-5H3. The maximum absolute atomic E-state index is 13.9. The van der Waals surface area contributed by atoms with E-state index in [1.807, 2.05) is 40.7 Å². The van der Waals surface area contributed by atoms with Gasteiger partial charge in [-0.25, -0.2) is 4.39 Å². The summed E-state index contributed by atoms with van der Waals surface area (Å²) < 4.78 is 25.6. The fourth-order valence-electron chi connectivity index (χ4n) is 1.96. The van der Waals surface area contributed by atoms with Crippen LogP contribution in [0.25, 0.3) is 0 Å². The van der Waals surface area contributed by atoms with E-state index in [-0.39, 0.29) is 5.82 Å². The average Bonchev–Trinajstić information content (AvgIpc) is 2.48. The number of hydrogen-bond acceptors (Lipinski definition) is 2. The molecule has 1 aliphatic rings. The molecule has 0 saturated carbocycles. The topological polar surface area (TPSA) is 18.5 Å². The smallest absolute Gasteiger partial charge is 0.399 e. The molecule has 1 aliphatic heterocycles. The van der Waals surface area contributed by atoms with Crippen molar-refractivity contribution in [3.05, 3.63) is 29.6 Å². The van der Waals surface area contributed by atoms with E-state index in [2.05, 4.69) is 0 Å². The lowest BCUT2D eigenvalue weighted by Crippen LogP contribution is -2.41. The van der Waals surface area contributed by atoms with Crippen LogP contribution in [0.15, 0.2) is 18.2 Å². The van der Waals surface area contributed by atoms with Crippen LogP contribution in [0.2, 0.25) is 0 Å². The molecule has 1 aromatic rings. The average molecular weight is 250 g/mol. The van der Waals surface area contributed by atoms with Crippen LogP contribution in [0, 0.1) is 5.82 Å². The summed E-state index contributed by atoms with van der Waals surface area (Å²) >= 11 is 0. The molecule has 1 saturated heterocycles. The molecule has 0 unspecified atom stereocenters. The van der Waals surface area contributed by atoms with Crippen LogP contribution >= 0.6 is 0 Å². The van der Waals surface area contributed by atoms with Gasteiger partial charge in [0.05, 0.1) is 11.2 Å². The normalized spacial score (nSPS) is 21.3. The Balaban J connectivity index is 2.34. The van der Waals surface area contributed by atoms with Gasteiger partial charge >= 0.3 is 7.12 Å². The van der Waals surface area contributed by atoms with Gasteiger partial charge in [-0.3, -0.25) is 0 Å². The number of rotatable bonds is 2. The second-order valence-electron chi connectivity index (χ2n) is 5.80. The van der Waals surface area contributed by atoms with Gasteiger partial charge < -0.3 is 9.31 Å². The lowest BCUT2D eigenvalue weighted by molar-refractivity contribution is 0.00578. The summed E-state index contributed by atoms with van der Waals surface area (Å²) in [6.07, 6.45) is 0.868. The lowest BCUT2D eigenvalue weighted by Gasteiger charge is -2.32. The highest BCUT2D eigenvalue weighted by molar-refractivity contribution is 6.62. The fraction of sp³-hybridized carbons (Fsp3) is 0.571. The van der Waals surface area contributed by atoms with E-state index >= 15 is 0 Å². The van der Waals surface area contributed by atoms with Gasteiger partial charge in [0.25, 0.3) is 0 Å². The van der Waals surface area contributed by atoms with Crippen molar-refractivity contribution in [2.45, 2.75) is 52.2 Å². The molecule has 2 nitrogen and oxygen atoms in total. The Kier molecular flexibility index (Phi) is 3.28. The molecule has 4 heteroatoms. The first-order valence-electron chi connectivity index (χ1n) is 6.41. The molecule has 2 rings (SSSR count). The van der Waals surface area contributed by atoms with Gasteiger partial charge in [0.2, 0.25) is 0 Å². The molecular weight excluding hydrogens is 230 g/mol. The summed E-state index contributed by atoms with van der Waals surface area (Å²) in [5, 5.41) is 0. The molecule has 0 bridgehead atoms. The monoisotopic (exact) mass is 250 g/mol. The molecule has 1 fully saturated rings. The van der Waals surface area contributed by atoms with Gasteiger partial charge in [-0.1, -0.05) is 19.1 Å². The lowest BCUT2D eigenvalue weighted by atomic mass is 9.77. The predicted octanol–water partition coefficient (Wildman–Crippen LogP) is 2.69. The van der Waals surface area contributed by atoms with Gasteiger partial charge in [-0.05, 0) is 45.7 Å². The third-order valence-corrected chi connectivity index (χ3v) is 3.98. The highest BCUT2D eigenvalue weighted by Gasteiger charge is 2.52. The molecule has 0 aromatic heterocycles. The van der Waals surface area contributed by atoms with Crippen LogP contribution in [0.1, 0.15) is 40.2 Å². The molecular formula is C14H20BFO2. The second kappa shape index (κ2) is 4.35. The van der Waals surface area contributed by atoms with Crippen LogP contribution in [0.5, 0.6) is 0 Å². The zero-order valence-corrected chi connectivity index (χ0v) is 11.7. The fourth-order valence-corrected chi connectivity index (χ4v) is 1.96. The van der Waals surface area contributed by atoms with Gasteiger partial charge in [-0.2, -0.15) is 0 Å². The van der Waals surface area contributed by atoms with E-state index in [0.29, 0.717) is 5.46 Å². The minimum absolute atomic E-state index is 0.272. The molecule has 18 heavy (non-hydrogen) atoms. The summed E-state index contributed by atoms with van der Waals surface area (Å²) in [7, 11) is -0.624.